The molecule has 0 bridgehead atoms. The van der Waals surface area contributed by atoms with Crippen LogP contribution in [-0.4, -0.2) is 98.0 Å². The number of benzene rings is 2. The molecule has 2 aromatic carbocycles. The average molecular weight is 508 g/mol. The van der Waals surface area contributed by atoms with Gasteiger partial charge in [0, 0.05) is 12.1 Å². The van der Waals surface area contributed by atoms with Crippen molar-refractivity contribution in [2.45, 2.75) is 6.10 Å². The summed E-state index contributed by atoms with van der Waals surface area (Å²) in [4.78, 5) is 46.8. The van der Waals surface area contributed by atoms with E-state index in [0.717, 1.165) is 12.1 Å². The van der Waals surface area contributed by atoms with Gasteiger partial charge >= 0.3 is 63.3 Å². The molecule has 4 aromatic rings. The number of aliphatic hydroxyl groups excluding tert-OH is 1. The van der Waals surface area contributed by atoms with Crippen molar-refractivity contribution in [3.05, 3.63) is 80.5 Å². The molecule has 2 aromatic heterocycles. The number of hydrogen-bond donors (Lipinski definition) is 3. The Bertz CT molecular complexity index is 1420. The molecular formula is C23H17KO11. The molecule has 0 amide bonds. The average Bonchev–Trinajstić information content (AvgIpc) is 2.80. The number of fused-ring (bicyclic) bond motifs is 2. The fraction of sp³-hybridized carbons (Fsp3) is 0.130. The molecule has 0 saturated heterocycles. The molecule has 0 unspecified atom stereocenters. The van der Waals surface area contributed by atoms with E-state index in [1.807, 2.05) is 0 Å². The number of ether oxygens (including phenoxy) is 2. The molecule has 12 heteroatoms. The first-order valence-corrected chi connectivity index (χ1v) is 9.78. The van der Waals surface area contributed by atoms with E-state index in [1.165, 1.54) is 36.4 Å². The molecule has 11 nitrogen and oxygen atoms in total. The molecule has 0 fully saturated rings. The third-order valence-electron chi connectivity index (χ3n) is 4.72. The second-order valence-electron chi connectivity index (χ2n) is 7.09. The Labute approximate surface area is 237 Å². The van der Waals surface area contributed by atoms with E-state index < -0.39 is 40.4 Å². The van der Waals surface area contributed by atoms with Gasteiger partial charge < -0.3 is 33.6 Å². The molecule has 0 radical (unpaired) electrons. The van der Waals surface area contributed by atoms with Crippen LogP contribution in [0.2, 0.25) is 0 Å². The molecule has 176 valence electrons. The summed E-state index contributed by atoms with van der Waals surface area (Å²) in [6.07, 6.45) is -1.19. The Morgan fingerprint density at radius 2 is 1.17 bits per heavy atom. The van der Waals surface area contributed by atoms with Crippen molar-refractivity contribution < 1.29 is 43.2 Å². The van der Waals surface area contributed by atoms with Gasteiger partial charge in [-0.25, -0.2) is 9.59 Å². The number of carboxylic acids is 2. The summed E-state index contributed by atoms with van der Waals surface area (Å²) in [7, 11) is 0. The topological polar surface area (TPSA) is 174 Å². The molecule has 0 aliphatic carbocycles. The summed E-state index contributed by atoms with van der Waals surface area (Å²) >= 11 is 0. The van der Waals surface area contributed by atoms with E-state index in [1.54, 1.807) is 0 Å². The SMILES string of the molecule is O=C(O)c1cc(=O)c2c(OCC(O)COc3cccc4oc(C(=O)O)cc(=O)c34)cccc2o1.[KH]. The van der Waals surface area contributed by atoms with Crippen LogP contribution in [0.3, 0.4) is 0 Å². The summed E-state index contributed by atoms with van der Waals surface area (Å²) < 4.78 is 21.4. The van der Waals surface area contributed by atoms with Crippen LogP contribution in [0.4, 0.5) is 0 Å². The van der Waals surface area contributed by atoms with Gasteiger partial charge in [0.15, 0.2) is 10.9 Å². The summed E-state index contributed by atoms with van der Waals surface area (Å²) in [5.41, 5.74) is -1.22. The van der Waals surface area contributed by atoms with Crippen molar-refractivity contribution in [1.29, 1.82) is 0 Å². The van der Waals surface area contributed by atoms with E-state index in [9.17, 15) is 24.3 Å². The maximum atomic E-state index is 12.3. The van der Waals surface area contributed by atoms with Crippen LogP contribution in [0, 0.1) is 0 Å². The fourth-order valence-electron chi connectivity index (χ4n) is 3.23. The summed E-state index contributed by atoms with van der Waals surface area (Å²) in [5.74, 6) is -3.65. The number of carboxylic acid groups (broad SMARTS) is 2. The van der Waals surface area contributed by atoms with Crippen LogP contribution in [-0.2, 0) is 0 Å². The van der Waals surface area contributed by atoms with E-state index in [2.05, 4.69) is 0 Å². The van der Waals surface area contributed by atoms with Crippen molar-refractivity contribution in [2.75, 3.05) is 13.2 Å². The molecule has 0 saturated carbocycles. The summed E-state index contributed by atoms with van der Waals surface area (Å²) in [6, 6.07) is 10.4. The summed E-state index contributed by atoms with van der Waals surface area (Å²) in [5, 5.41) is 28.4. The Morgan fingerprint density at radius 1 is 0.771 bits per heavy atom. The van der Waals surface area contributed by atoms with E-state index in [4.69, 9.17) is 28.5 Å². The Kier molecular flexibility index (Phi) is 8.48. The third-order valence-corrected chi connectivity index (χ3v) is 4.72. The van der Waals surface area contributed by atoms with Gasteiger partial charge in [0.05, 0.1) is 0 Å². The molecule has 2 heterocycles. The first kappa shape index (κ1) is 26.6. The van der Waals surface area contributed by atoms with Gasteiger partial charge in [-0.3, -0.25) is 9.59 Å². The number of aromatic carboxylic acids is 2. The molecule has 35 heavy (non-hydrogen) atoms. The first-order chi connectivity index (χ1) is 16.2. The zero-order valence-electron chi connectivity index (χ0n) is 17.2. The fourth-order valence-corrected chi connectivity index (χ4v) is 3.23. The normalized spacial score (nSPS) is 10.8. The van der Waals surface area contributed by atoms with Gasteiger partial charge in [0.2, 0.25) is 11.5 Å². The van der Waals surface area contributed by atoms with Crippen LogP contribution in [0.1, 0.15) is 21.1 Å². The zero-order chi connectivity index (χ0) is 24.4. The van der Waals surface area contributed by atoms with E-state index in [-0.39, 0.29) is 98.0 Å². The maximum absolute atomic E-state index is 12.3. The standard InChI is InChI=1S/C23H16O11.K.H/c24-11(9-31-14-3-1-5-16-20(14)12(25)7-18(33-16)22(27)28)10-32-15-4-2-6-17-21(15)13(26)8-19(34-17)23(29)30;;/h1-8,11,24H,9-10H2,(H,27,28)(H,29,30);;. The number of hydrogen-bond acceptors (Lipinski definition) is 9. The van der Waals surface area contributed by atoms with Crippen molar-refractivity contribution in [2.24, 2.45) is 0 Å². The van der Waals surface area contributed by atoms with Gasteiger partial charge in [-0.15, -0.1) is 0 Å². The van der Waals surface area contributed by atoms with Crippen LogP contribution < -0.4 is 20.3 Å². The van der Waals surface area contributed by atoms with Crippen LogP contribution in [0.15, 0.2) is 67.0 Å². The van der Waals surface area contributed by atoms with Crippen LogP contribution in [0.5, 0.6) is 11.5 Å². The molecular weight excluding hydrogens is 491 g/mol. The second kappa shape index (κ2) is 11.2. The van der Waals surface area contributed by atoms with Crippen molar-refractivity contribution in [1.82, 2.24) is 0 Å². The predicted octanol–water partition coefficient (Wildman–Crippen LogP) is 1.47. The first-order valence-electron chi connectivity index (χ1n) is 9.78. The number of rotatable bonds is 8. The second-order valence-corrected chi connectivity index (χ2v) is 7.09. The molecule has 0 spiro atoms. The van der Waals surface area contributed by atoms with E-state index >= 15 is 0 Å². The Morgan fingerprint density at radius 3 is 1.54 bits per heavy atom. The third kappa shape index (κ3) is 5.81. The molecule has 0 aliphatic heterocycles. The predicted molar refractivity (Wildman–Crippen MR) is 123 cm³/mol. The monoisotopic (exact) mass is 508 g/mol. The quantitative estimate of drug-likeness (QED) is 0.294. The number of carbonyl (C=O) groups is 2. The van der Waals surface area contributed by atoms with Crippen molar-refractivity contribution >= 4 is 85.3 Å². The van der Waals surface area contributed by atoms with Crippen molar-refractivity contribution in [3.8, 4) is 11.5 Å². The van der Waals surface area contributed by atoms with Gasteiger partial charge in [-0.05, 0) is 24.3 Å². The molecule has 4 rings (SSSR count). The van der Waals surface area contributed by atoms with E-state index in [0.29, 0.717) is 0 Å². The Balaban J connectivity index is 0.00000342. The van der Waals surface area contributed by atoms with Crippen LogP contribution >= 0.6 is 0 Å². The van der Waals surface area contributed by atoms with Gasteiger partial charge in [-0.1, -0.05) is 12.1 Å². The molecule has 3 N–H and O–H groups in total. The number of aliphatic hydroxyl groups is 1. The summed E-state index contributed by atoms with van der Waals surface area (Å²) in [6.45, 7) is -0.608. The Hall–Kier alpha value is -3.00. The van der Waals surface area contributed by atoms with Crippen LogP contribution in [0.25, 0.3) is 21.9 Å². The van der Waals surface area contributed by atoms with Gasteiger partial charge in [0.1, 0.15) is 52.8 Å². The minimum absolute atomic E-state index is 0. The molecule has 0 atom stereocenters. The van der Waals surface area contributed by atoms with Crippen molar-refractivity contribution in [3.63, 3.8) is 0 Å². The minimum atomic E-state index is -1.39. The van der Waals surface area contributed by atoms with Gasteiger partial charge in [0.25, 0.3) is 0 Å². The zero-order valence-corrected chi connectivity index (χ0v) is 17.2. The molecule has 0 aliphatic rings. The van der Waals surface area contributed by atoms with Gasteiger partial charge in [-0.2, -0.15) is 0 Å².